The standard InChI is InChI=1S/C18H31N3O4S/c1-5-25-18(22)16-14(3)20-15(4)17(16)26(23,24)19-9-6-10-21-11-7-13(2)8-12-21/h13,19-20H,5-12H2,1-4H3. The van der Waals surface area contributed by atoms with Crippen LogP contribution in [-0.2, 0) is 14.8 Å². The molecule has 2 N–H and O–H groups in total. The maximum atomic E-state index is 12.7. The fourth-order valence-corrected chi connectivity index (χ4v) is 4.93. The summed E-state index contributed by atoms with van der Waals surface area (Å²) in [5, 5.41) is 0. The Kier molecular flexibility index (Phi) is 7.25. The number of H-pyrrole nitrogens is 1. The van der Waals surface area contributed by atoms with E-state index in [1.807, 2.05) is 0 Å². The molecule has 0 spiro atoms. The zero-order chi connectivity index (χ0) is 19.3. The van der Waals surface area contributed by atoms with Crippen LogP contribution >= 0.6 is 0 Å². The smallest absolute Gasteiger partial charge is 0.341 e. The summed E-state index contributed by atoms with van der Waals surface area (Å²) in [7, 11) is -3.78. The highest BCUT2D eigenvalue weighted by Gasteiger charge is 2.29. The van der Waals surface area contributed by atoms with Gasteiger partial charge >= 0.3 is 5.97 Å². The number of ether oxygens (including phenoxy) is 1. The minimum Gasteiger partial charge on any atom is -0.462 e. The van der Waals surface area contributed by atoms with Gasteiger partial charge in [0.15, 0.2) is 0 Å². The number of likely N-dealkylation sites (tertiary alicyclic amines) is 1. The monoisotopic (exact) mass is 385 g/mol. The van der Waals surface area contributed by atoms with Crippen molar-refractivity contribution in [1.82, 2.24) is 14.6 Å². The molecule has 2 rings (SSSR count). The molecule has 0 saturated carbocycles. The minimum absolute atomic E-state index is 0.000229. The molecule has 0 aromatic carbocycles. The number of sulfonamides is 1. The Morgan fingerprint density at radius 2 is 1.92 bits per heavy atom. The third kappa shape index (κ3) is 5.08. The molecule has 8 heteroatoms. The summed E-state index contributed by atoms with van der Waals surface area (Å²) in [6, 6.07) is 0. The van der Waals surface area contributed by atoms with Gasteiger partial charge in [-0.15, -0.1) is 0 Å². The highest BCUT2D eigenvalue weighted by molar-refractivity contribution is 7.89. The molecule has 0 bridgehead atoms. The van der Waals surface area contributed by atoms with Crippen molar-refractivity contribution >= 4 is 16.0 Å². The maximum Gasteiger partial charge on any atom is 0.341 e. The van der Waals surface area contributed by atoms with Crippen molar-refractivity contribution in [2.75, 3.05) is 32.8 Å². The van der Waals surface area contributed by atoms with Crippen LogP contribution in [0.2, 0.25) is 0 Å². The van der Waals surface area contributed by atoms with E-state index in [0.717, 1.165) is 32.0 Å². The zero-order valence-corrected chi connectivity index (χ0v) is 17.0. The molecule has 26 heavy (non-hydrogen) atoms. The second-order valence-electron chi connectivity index (χ2n) is 7.08. The first-order chi connectivity index (χ1) is 12.3. The molecule has 0 radical (unpaired) electrons. The van der Waals surface area contributed by atoms with Crippen LogP contribution < -0.4 is 4.72 Å². The number of aromatic amines is 1. The van der Waals surface area contributed by atoms with Crippen LogP contribution in [0.15, 0.2) is 4.90 Å². The van der Waals surface area contributed by atoms with Gasteiger partial charge in [0.25, 0.3) is 0 Å². The number of hydrogen-bond acceptors (Lipinski definition) is 5. The van der Waals surface area contributed by atoms with E-state index in [1.165, 1.54) is 12.8 Å². The van der Waals surface area contributed by atoms with Crippen molar-refractivity contribution in [2.45, 2.75) is 51.9 Å². The van der Waals surface area contributed by atoms with Gasteiger partial charge in [-0.1, -0.05) is 6.92 Å². The van der Waals surface area contributed by atoms with E-state index in [1.54, 1.807) is 20.8 Å². The first-order valence-electron chi connectivity index (χ1n) is 9.34. The molecule has 148 valence electrons. The quantitative estimate of drug-likeness (QED) is 0.529. The molecule has 1 saturated heterocycles. The van der Waals surface area contributed by atoms with Crippen LogP contribution in [0.5, 0.6) is 0 Å². The first-order valence-corrected chi connectivity index (χ1v) is 10.8. The SMILES string of the molecule is CCOC(=O)c1c(C)[nH]c(C)c1S(=O)(=O)NCCCN1CCC(C)CC1. The number of carbonyl (C=O) groups is 1. The average molecular weight is 386 g/mol. The average Bonchev–Trinajstić information content (AvgIpc) is 2.88. The lowest BCUT2D eigenvalue weighted by Crippen LogP contribution is -2.35. The number of aryl methyl sites for hydroxylation is 2. The molecule has 2 heterocycles. The number of esters is 1. The summed E-state index contributed by atoms with van der Waals surface area (Å²) in [5.74, 6) is 0.169. The molecule has 1 aromatic rings. The number of aromatic nitrogens is 1. The van der Waals surface area contributed by atoms with E-state index in [0.29, 0.717) is 17.9 Å². The van der Waals surface area contributed by atoms with Crippen molar-refractivity contribution in [2.24, 2.45) is 5.92 Å². The molecule has 0 atom stereocenters. The van der Waals surface area contributed by atoms with E-state index < -0.39 is 16.0 Å². The van der Waals surface area contributed by atoms with E-state index in [2.05, 4.69) is 21.5 Å². The predicted octanol–water partition coefficient (Wildman–Crippen LogP) is 2.21. The van der Waals surface area contributed by atoms with E-state index in [4.69, 9.17) is 4.74 Å². The molecular weight excluding hydrogens is 354 g/mol. The molecular formula is C18H31N3O4S. The van der Waals surface area contributed by atoms with Crippen molar-refractivity contribution < 1.29 is 17.9 Å². The van der Waals surface area contributed by atoms with Gasteiger partial charge in [0.2, 0.25) is 10.0 Å². The number of hydrogen-bond donors (Lipinski definition) is 2. The lowest BCUT2D eigenvalue weighted by atomic mass is 9.99. The molecule has 7 nitrogen and oxygen atoms in total. The van der Waals surface area contributed by atoms with Crippen molar-refractivity contribution in [3.63, 3.8) is 0 Å². The second kappa shape index (κ2) is 9.01. The highest BCUT2D eigenvalue weighted by atomic mass is 32.2. The van der Waals surface area contributed by atoms with Crippen LogP contribution in [0.25, 0.3) is 0 Å². The number of nitrogens with one attached hydrogen (secondary N) is 2. The predicted molar refractivity (Wildman–Crippen MR) is 101 cm³/mol. The Morgan fingerprint density at radius 3 is 2.54 bits per heavy atom. The number of rotatable bonds is 8. The highest BCUT2D eigenvalue weighted by Crippen LogP contribution is 2.24. The van der Waals surface area contributed by atoms with Crippen LogP contribution in [0, 0.1) is 19.8 Å². The van der Waals surface area contributed by atoms with Crippen molar-refractivity contribution in [3.8, 4) is 0 Å². The number of nitrogens with zero attached hydrogens (tertiary/aromatic N) is 1. The largest absolute Gasteiger partial charge is 0.462 e. The molecule has 1 aliphatic rings. The van der Waals surface area contributed by atoms with Crippen LogP contribution in [-0.4, -0.2) is 57.1 Å². The van der Waals surface area contributed by atoms with Gasteiger partial charge < -0.3 is 14.6 Å². The summed E-state index contributed by atoms with van der Waals surface area (Å²) < 4.78 is 33.1. The Bertz CT molecular complexity index is 719. The van der Waals surface area contributed by atoms with Gasteiger partial charge in [0, 0.05) is 17.9 Å². The van der Waals surface area contributed by atoms with E-state index >= 15 is 0 Å². The molecule has 0 aliphatic carbocycles. The molecule has 0 unspecified atom stereocenters. The van der Waals surface area contributed by atoms with Gasteiger partial charge in [-0.25, -0.2) is 17.9 Å². The fourth-order valence-electron chi connectivity index (χ4n) is 3.41. The maximum absolute atomic E-state index is 12.7. The molecule has 1 aromatic heterocycles. The number of piperidine rings is 1. The van der Waals surface area contributed by atoms with Crippen LogP contribution in [0.3, 0.4) is 0 Å². The molecule has 0 amide bonds. The summed E-state index contributed by atoms with van der Waals surface area (Å²) >= 11 is 0. The lowest BCUT2D eigenvalue weighted by Gasteiger charge is -2.30. The molecule has 1 fully saturated rings. The van der Waals surface area contributed by atoms with Gasteiger partial charge in [0.1, 0.15) is 10.5 Å². The summed E-state index contributed by atoms with van der Waals surface area (Å²) in [6.45, 7) is 10.9. The minimum atomic E-state index is -3.78. The summed E-state index contributed by atoms with van der Waals surface area (Å²) in [5.41, 5.74) is 1.05. The van der Waals surface area contributed by atoms with Crippen molar-refractivity contribution in [3.05, 3.63) is 17.0 Å². The third-order valence-corrected chi connectivity index (χ3v) is 6.52. The Hall–Kier alpha value is -1.38. The Labute approximate surface area is 156 Å². The summed E-state index contributed by atoms with van der Waals surface area (Å²) in [4.78, 5) is 17.5. The lowest BCUT2D eigenvalue weighted by molar-refractivity contribution is 0.0521. The zero-order valence-electron chi connectivity index (χ0n) is 16.2. The number of carbonyl (C=O) groups excluding carboxylic acids is 1. The fraction of sp³-hybridized carbons (Fsp3) is 0.722. The van der Waals surface area contributed by atoms with E-state index in [9.17, 15) is 13.2 Å². The van der Waals surface area contributed by atoms with Gasteiger partial charge in [-0.3, -0.25) is 0 Å². The van der Waals surface area contributed by atoms with Gasteiger partial charge in [-0.05, 0) is 65.6 Å². The normalized spacial score (nSPS) is 16.8. The van der Waals surface area contributed by atoms with Gasteiger partial charge in [-0.2, -0.15) is 0 Å². The molecule has 1 aliphatic heterocycles. The topological polar surface area (TPSA) is 91.5 Å². The Balaban J connectivity index is 1.98. The third-order valence-electron chi connectivity index (χ3n) is 4.89. The van der Waals surface area contributed by atoms with Crippen LogP contribution in [0.4, 0.5) is 0 Å². The van der Waals surface area contributed by atoms with E-state index in [-0.39, 0.29) is 17.1 Å². The van der Waals surface area contributed by atoms with Crippen LogP contribution in [0.1, 0.15) is 54.9 Å². The second-order valence-corrected chi connectivity index (χ2v) is 8.78. The van der Waals surface area contributed by atoms with Gasteiger partial charge in [0.05, 0.1) is 6.61 Å². The van der Waals surface area contributed by atoms with Crippen molar-refractivity contribution in [1.29, 1.82) is 0 Å². The Morgan fingerprint density at radius 1 is 1.27 bits per heavy atom. The summed E-state index contributed by atoms with van der Waals surface area (Å²) in [6.07, 6.45) is 3.15. The first kappa shape index (κ1) is 20.9.